The second kappa shape index (κ2) is 9.12. The second-order valence-corrected chi connectivity index (χ2v) is 7.77. The molecule has 3 fully saturated rings. The fourth-order valence-corrected chi connectivity index (χ4v) is 4.68. The Morgan fingerprint density at radius 2 is 1.73 bits per heavy atom. The van der Waals surface area contributed by atoms with Crippen LogP contribution in [0.4, 0.5) is 0 Å². The van der Waals surface area contributed by atoms with Crippen molar-refractivity contribution >= 4 is 12.4 Å². The molecule has 0 bridgehead atoms. The molecule has 3 aliphatic heterocycles. The van der Waals surface area contributed by atoms with E-state index in [0.717, 1.165) is 65.0 Å². The number of rotatable bonds is 7. The molecule has 0 aromatic carbocycles. The van der Waals surface area contributed by atoms with Crippen LogP contribution in [0, 0.1) is 0 Å². The van der Waals surface area contributed by atoms with Gasteiger partial charge in [-0.25, -0.2) is 4.79 Å². The lowest BCUT2D eigenvalue weighted by atomic mass is 10.0. The molecule has 1 amide bonds. The Kier molecular flexibility index (Phi) is 6.86. The predicted molar refractivity (Wildman–Crippen MR) is 98.9 cm³/mol. The van der Waals surface area contributed by atoms with E-state index in [1.165, 1.54) is 6.42 Å². The summed E-state index contributed by atoms with van der Waals surface area (Å²) in [6.45, 7) is 7.36. The zero-order valence-corrected chi connectivity index (χ0v) is 15.7. The van der Waals surface area contributed by atoms with Gasteiger partial charge in [-0.3, -0.25) is 19.5 Å². The first-order chi connectivity index (χ1) is 12.7. The monoisotopic (exact) mass is 367 g/mol. The van der Waals surface area contributed by atoms with Crippen molar-refractivity contribution in [3.63, 3.8) is 0 Å². The van der Waals surface area contributed by atoms with Crippen LogP contribution in [0.2, 0.25) is 0 Å². The van der Waals surface area contributed by atoms with E-state index in [4.69, 9.17) is 0 Å². The average molecular weight is 367 g/mol. The topological polar surface area (TPSA) is 88.1 Å². The fourth-order valence-electron chi connectivity index (χ4n) is 4.68. The highest BCUT2D eigenvalue weighted by molar-refractivity contribution is 5.81. The number of aliphatic carboxylic acids is 1. The van der Waals surface area contributed by atoms with Crippen molar-refractivity contribution in [3.8, 4) is 0 Å². The largest absolute Gasteiger partial charge is 0.478 e. The summed E-state index contributed by atoms with van der Waals surface area (Å²) in [5.41, 5.74) is -1.32. The summed E-state index contributed by atoms with van der Waals surface area (Å²) in [5, 5.41) is 16.1. The average Bonchev–Trinajstić information content (AvgIpc) is 2.69. The van der Waals surface area contributed by atoms with Gasteiger partial charge < -0.3 is 15.7 Å². The Bertz CT molecular complexity index is 471. The summed E-state index contributed by atoms with van der Waals surface area (Å²) in [6.07, 6.45) is 6.26. The van der Waals surface area contributed by atoms with Crippen LogP contribution in [0.15, 0.2) is 0 Å². The van der Waals surface area contributed by atoms with Crippen LogP contribution in [0.5, 0.6) is 0 Å². The molecule has 26 heavy (non-hydrogen) atoms. The van der Waals surface area contributed by atoms with E-state index in [9.17, 15) is 14.7 Å². The minimum absolute atomic E-state index is 0.356. The number of likely N-dealkylation sites (tertiary alicyclic amines) is 1. The lowest BCUT2D eigenvalue weighted by molar-refractivity contribution is -0.160. The van der Waals surface area contributed by atoms with Gasteiger partial charge in [0.25, 0.3) is 0 Å². The second-order valence-electron chi connectivity index (χ2n) is 7.77. The van der Waals surface area contributed by atoms with Gasteiger partial charge in [0.15, 0.2) is 0 Å². The standard InChI is InChI=1S/C18H33N5O3/c24-15-20-18(17(25)26,14-21-8-2-1-3-9-21)23-12-10-22(11-13-23)16-4-6-19-7-5-16/h15-16,19H,1-14H2,(H,20,24)(H,25,26). The highest BCUT2D eigenvalue weighted by Gasteiger charge is 2.47. The maximum Gasteiger partial charge on any atom is 0.346 e. The summed E-state index contributed by atoms with van der Waals surface area (Å²) in [7, 11) is 0. The quantitative estimate of drug-likeness (QED) is 0.516. The molecule has 1 unspecified atom stereocenters. The summed E-state index contributed by atoms with van der Waals surface area (Å²) in [4.78, 5) is 30.2. The van der Waals surface area contributed by atoms with E-state index in [1.807, 2.05) is 4.90 Å². The Labute approximate surface area is 155 Å². The van der Waals surface area contributed by atoms with E-state index in [0.29, 0.717) is 32.1 Å². The van der Waals surface area contributed by atoms with Crippen molar-refractivity contribution in [2.24, 2.45) is 0 Å². The molecule has 0 aromatic rings. The molecular weight excluding hydrogens is 334 g/mol. The molecule has 0 aromatic heterocycles. The van der Waals surface area contributed by atoms with Crippen LogP contribution in [0.25, 0.3) is 0 Å². The van der Waals surface area contributed by atoms with Crippen LogP contribution in [0.3, 0.4) is 0 Å². The number of amides is 1. The van der Waals surface area contributed by atoms with Gasteiger partial charge in [-0.15, -0.1) is 0 Å². The third-order valence-electron chi connectivity index (χ3n) is 6.23. The molecule has 0 saturated carbocycles. The molecule has 3 heterocycles. The number of hydrogen-bond acceptors (Lipinski definition) is 6. The summed E-state index contributed by atoms with van der Waals surface area (Å²) < 4.78 is 0. The van der Waals surface area contributed by atoms with E-state index in [-0.39, 0.29) is 0 Å². The zero-order chi connectivity index (χ0) is 18.4. The van der Waals surface area contributed by atoms with Gasteiger partial charge >= 0.3 is 5.97 Å². The van der Waals surface area contributed by atoms with Crippen molar-refractivity contribution < 1.29 is 14.7 Å². The minimum atomic E-state index is -1.32. The van der Waals surface area contributed by atoms with E-state index in [2.05, 4.69) is 20.4 Å². The Morgan fingerprint density at radius 1 is 1.08 bits per heavy atom. The third kappa shape index (κ3) is 4.36. The van der Waals surface area contributed by atoms with Gasteiger partial charge in [0.1, 0.15) is 0 Å². The number of nitrogens with zero attached hydrogens (tertiary/aromatic N) is 3. The Hall–Kier alpha value is -1.22. The molecule has 1 atom stereocenters. The zero-order valence-electron chi connectivity index (χ0n) is 15.7. The van der Waals surface area contributed by atoms with Gasteiger partial charge in [0.05, 0.1) is 0 Å². The van der Waals surface area contributed by atoms with Crippen LogP contribution in [0.1, 0.15) is 32.1 Å². The number of piperazine rings is 1. The molecule has 3 aliphatic rings. The summed E-state index contributed by atoms with van der Waals surface area (Å²) >= 11 is 0. The SMILES string of the molecule is O=CNC(CN1CCCCC1)(C(=O)O)N1CCN(C2CCNCC2)CC1. The van der Waals surface area contributed by atoms with Gasteiger partial charge in [0.2, 0.25) is 12.1 Å². The number of carboxylic acids is 1. The van der Waals surface area contributed by atoms with Crippen molar-refractivity contribution in [1.82, 2.24) is 25.3 Å². The van der Waals surface area contributed by atoms with E-state index >= 15 is 0 Å². The fraction of sp³-hybridized carbons (Fsp3) is 0.889. The number of nitrogens with one attached hydrogen (secondary N) is 2. The smallest absolute Gasteiger partial charge is 0.346 e. The molecule has 148 valence electrons. The first kappa shape index (κ1) is 19.5. The maximum atomic E-state index is 12.3. The molecular formula is C18H33N5O3. The summed E-state index contributed by atoms with van der Waals surface area (Å²) in [6, 6.07) is 0.596. The number of carbonyl (C=O) groups is 2. The lowest BCUT2D eigenvalue weighted by Crippen LogP contribution is -2.72. The van der Waals surface area contributed by atoms with Gasteiger partial charge in [0, 0.05) is 38.8 Å². The molecule has 8 nitrogen and oxygen atoms in total. The first-order valence-corrected chi connectivity index (χ1v) is 10.0. The normalized spacial score (nSPS) is 26.9. The number of hydrogen-bond donors (Lipinski definition) is 3. The molecule has 0 spiro atoms. The van der Waals surface area contributed by atoms with Gasteiger partial charge in [-0.05, 0) is 51.9 Å². The Balaban J connectivity index is 1.66. The van der Waals surface area contributed by atoms with Crippen LogP contribution in [-0.4, -0.2) is 103 Å². The molecule has 3 N–H and O–H groups in total. The third-order valence-corrected chi connectivity index (χ3v) is 6.23. The molecule has 0 radical (unpaired) electrons. The van der Waals surface area contributed by atoms with Crippen molar-refractivity contribution in [3.05, 3.63) is 0 Å². The Morgan fingerprint density at radius 3 is 2.31 bits per heavy atom. The highest BCUT2D eigenvalue weighted by Crippen LogP contribution is 2.22. The van der Waals surface area contributed by atoms with E-state index < -0.39 is 11.6 Å². The lowest BCUT2D eigenvalue weighted by Gasteiger charge is -2.48. The van der Waals surface area contributed by atoms with Gasteiger partial charge in [-0.1, -0.05) is 6.42 Å². The van der Waals surface area contributed by atoms with E-state index in [1.54, 1.807) is 0 Å². The van der Waals surface area contributed by atoms with Crippen molar-refractivity contribution in [2.45, 2.75) is 43.8 Å². The first-order valence-electron chi connectivity index (χ1n) is 10.0. The van der Waals surface area contributed by atoms with Crippen LogP contribution < -0.4 is 10.6 Å². The molecule has 8 heteroatoms. The number of carbonyl (C=O) groups excluding carboxylic acids is 1. The molecule has 3 saturated heterocycles. The van der Waals surface area contributed by atoms with Crippen LogP contribution in [-0.2, 0) is 9.59 Å². The minimum Gasteiger partial charge on any atom is -0.478 e. The number of piperidine rings is 2. The van der Waals surface area contributed by atoms with Crippen molar-refractivity contribution in [1.29, 1.82) is 0 Å². The molecule has 0 aliphatic carbocycles. The predicted octanol–water partition coefficient (Wildman–Crippen LogP) is -0.631. The highest BCUT2D eigenvalue weighted by atomic mass is 16.4. The number of carboxylic acid groups (broad SMARTS) is 1. The van der Waals surface area contributed by atoms with Crippen LogP contribution >= 0.6 is 0 Å². The molecule has 3 rings (SSSR count). The summed E-state index contributed by atoms with van der Waals surface area (Å²) in [5.74, 6) is -0.953. The van der Waals surface area contributed by atoms with Crippen molar-refractivity contribution in [2.75, 3.05) is 58.9 Å². The van der Waals surface area contributed by atoms with Gasteiger partial charge in [-0.2, -0.15) is 0 Å². The maximum absolute atomic E-state index is 12.3.